The molecule has 0 radical (unpaired) electrons. The summed E-state index contributed by atoms with van der Waals surface area (Å²) in [6, 6.07) is 0. The summed E-state index contributed by atoms with van der Waals surface area (Å²) in [5.74, 6) is 0.177. The van der Waals surface area contributed by atoms with E-state index in [4.69, 9.17) is 14.2 Å². The van der Waals surface area contributed by atoms with Gasteiger partial charge in [-0.2, -0.15) is 0 Å². The predicted molar refractivity (Wildman–Crippen MR) is 181 cm³/mol. The first-order chi connectivity index (χ1) is 21.4. The second-order valence-corrected chi connectivity index (χ2v) is 12.9. The van der Waals surface area contributed by atoms with Gasteiger partial charge in [0, 0.05) is 12.8 Å². The average molecular weight is 619 g/mol. The van der Waals surface area contributed by atoms with Gasteiger partial charge >= 0.3 is 11.9 Å². The Labute approximate surface area is 270 Å². The maximum absolute atomic E-state index is 11.9. The topological polar surface area (TPSA) is 85.4 Å². The summed E-state index contributed by atoms with van der Waals surface area (Å²) < 4.78 is 16.0. The van der Waals surface area contributed by atoms with Gasteiger partial charge in [0.2, 0.25) is 0 Å². The number of unbranched alkanes of at least 4 members (excludes halogenated alkanes) is 12. The smallest absolute Gasteiger partial charge is 0.305 e. The van der Waals surface area contributed by atoms with Crippen LogP contribution in [0.15, 0.2) is 36.5 Å². The second kappa shape index (κ2) is 28.5. The molecule has 6 nitrogen and oxygen atoms in total. The van der Waals surface area contributed by atoms with Crippen molar-refractivity contribution in [3.05, 3.63) is 36.5 Å². The molecule has 1 saturated heterocycles. The molecule has 1 aliphatic rings. The number of rotatable bonds is 30. The molecule has 2 unspecified atom stereocenters. The van der Waals surface area contributed by atoms with Gasteiger partial charge < -0.3 is 19.3 Å². The van der Waals surface area contributed by atoms with Gasteiger partial charge in [0.25, 0.3) is 0 Å². The van der Waals surface area contributed by atoms with E-state index in [0.717, 1.165) is 50.9 Å². The van der Waals surface area contributed by atoms with Gasteiger partial charge in [-0.25, -0.2) is 0 Å². The number of aliphatic hydroxyl groups excluding tert-OH is 1. The summed E-state index contributed by atoms with van der Waals surface area (Å²) in [6.07, 6.45) is 35.2. The van der Waals surface area contributed by atoms with Crippen LogP contribution in [0.3, 0.4) is 0 Å². The van der Waals surface area contributed by atoms with Crippen molar-refractivity contribution in [2.24, 2.45) is 5.92 Å². The van der Waals surface area contributed by atoms with E-state index in [2.05, 4.69) is 57.2 Å². The lowest BCUT2D eigenvalue weighted by molar-refractivity contribution is -0.152. The minimum Gasteiger partial charge on any atom is -0.463 e. The number of carbonyl (C=O) groups excluding carboxylic acids is 2. The standard InChI is InChI=1S/C38H66O6/c1-4-5-6-7-17-22-27-35-36(44-35)28-23-18-13-11-15-20-25-30-38(41)43-32-34(39)31-42-37(40)29-24-19-14-10-8-9-12-16-21-26-33(2)3/h11,15,17-18,22-23,33-36,39H,4-10,12-14,16,19-21,24-32H2,1-3H3/b15-11-,22-17-,23-18-/t34-,35?,36?/m1/s1. The van der Waals surface area contributed by atoms with Crippen molar-refractivity contribution in [2.75, 3.05) is 13.2 Å². The zero-order chi connectivity index (χ0) is 32.1. The zero-order valence-corrected chi connectivity index (χ0v) is 28.5. The van der Waals surface area contributed by atoms with Gasteiger partial charge in [-0.3, -0.25) is 9.59 Å². The molecule has 0 bridgehead atoms. The summed E-state index contributed by atoms with van der Waals surface area (Å²) >= 11 is 0. The summed E-state index contributed by atoms with van der Waals surface area (Å²) in [4.78, 5) is 23.8. The number of esters is 2. The molecule has 0 aromatic rings. The molecule has 3 atom stereocenters. The fraction of sp³-hybridized carbons (Fsp3) is 0.789. The molecule has 254 valence electrons. The van der Waals surface area contributed by atoms with E-state index in [1.807, 2.05) is 0 Å². The van der Waals surface area contributed by atoms with Crippen LogP contribution in [-0.4, -0.2) is 48.6 Å². The quantitative estimate of drug-likeness (QED) is 0.0373. The highest BCUT2D eigenvalue weighted by atomic mass is 16.6. The molecule has 0 saturated carbocycles. The second-order valence-electron chi connectivity index (χ2n) is 12.9. The van der Waals surface area contributed by atoms with E-state index >= 15 is 0 Å². The number of carbonyl (C=O) groups is 2. The Balaban J connectivity index is 1.88. The van der Waals surface area contributed by atoms with Crippen molar-refractivity contribution in [1.29, 1.82) is 0 Å². The Kier molecular flexibility index (Phi) is 26.0. The van der Waals surface area contributed by atoms with Gasteiger partial charge in [-0.15, -0.1) is 0 Å². The summed E-state index contributed by atoms with van der Waals surface area (Å²) in [5.41, 5.74) is 0. The van der Waals surface area contributed by atoms with Crippen LogP contribution < -0.4 is 0 Å². The van der Waals surface area contributed by atoms with E-state index in [1.54, 1.807) is 0 Å². The Morgan fingerprint density at radius 2 is 1.16 bits per heavy atom. The van der Waals surface area contributed by atoms with Gasteiger partial charge in [-0.1, -0.05) is 128 Å². The van der Waals surface area contributed by atoms with E-state index < -0.39 is 6.10 Å². The summed E-state index contributed by atoms with van der Waals surface area (Å²) in [7, 11) is 0. The summed E-state index contributed by atoms with van der Waals surface area (Å²) in [6.45, 7) is 6.52. The first-order valence-electron chi connectivity index (χ1n) is 18.0. The molecule has 0 aliphatic carbocycles. The van der Waals surface area contributed by atoms with E-state index in [0.29, 0.717) is 31.5 Å². The highest BCUT2D eigenvalue weighted by Crippen LogP contribution is 2.29. The van der Waals surface area contributed by atoms with Crippen LogP contribution in [0.2, 0.25) is 0 Å². The third kappa shape index (κ3) is 26.5. The molecule has 1 fully saturated rings. The lowest BCUT2D eigenvalue weighted by Gasteiger charge is -2.12. The van der Waals surface area contributed by atoms with Crippen molar-refractivity contribution in [1.82, 2.24) is 0 Å². The molecule has 1 heterocycles. The van der Waals surface area contributed by atoms with Crippen molar-refractivity contribution in [3.63, 3.8) is 0 Å². The third-order valence-electron chi connectivity index (χ3n) is 7.96. The third-order valence-corrected chi connectivity index (χ3v) is 7.96. The van der Waals surface area contributed by atoms with E-state index in [9.17, 15) is 14.7 Å². The Bertz CT molecular complexity index is 786. The largest absolute Gasteiger partial charge is 0.463 e. The number of allylic oxidation sites excluding steroid dienone is 4. The van der Waals surface area contributed by atoms with Crippen LogP contribution in [0.4, 0.5) is 0 Å². The maximum atomic E-state index is 11.9. The number of ether oxygens (including phenoxy) is 3. The van der Waals surface area contributed by atoms with Crippen molar-refractivity contribution in [3.8, 4) is 0 Å². The first-order valence-corrected chi connectivity index (χ1v) is 18.0. The fourth-order valence-electron chi connectivity index (χ4n) is 5.07. The summed E-state index contributed by atoms with van der Waals surface area (Å²) in [5, 5.41) is 9.98. The molecule has 6 heteroatoms. The number of epoxide rings is 1. The van der Waals surface area contributed by atoms with Crippen LogP contribution in [-0.2, 0) is 23.8 Å². The molecule has 0 aromatic carbocycles. The van der Waals surface area contributed by atoms with Crippen LogP contribution in [0.5, 0.6) is 0 Å². The van der Waals surface area contributed by atoms with Crippen molar-refractivity contribution < 1.29 is 28.9 Å². The van der Waals surface area contributed by atoms with Crippen LogP contribution in [0, 0.1) is 5.92 Å². The highest BCUT2D eigenvalue weighted by Gasteiger charge is 2.35. The van der Waals surface area contributed by atoms with E-state index in [1.165, 1.54) is 70.6 Å². The molecule has 1 rings (SSSR count). The Morgan fingerprint density at radius 3 is 1.77 bits per heavy atom. The monoisotopic (exact) mass is 618 g/mol. The van der Waals surface area contributed by atoms with Crippen LogP contribution in [0.25, 0.3) is 0 Å². The minimum absolute atomic E-state index is 0.136. The van der Waals surface area contributed by atoms with Gasteiger partial charge in [0.1, 0.15) is 19.3 Å². The number of aliphatic hydroxyl groups is 1. The lowest BCUT2D eigenvalue weighted by atomic mass is 10.0. The minimum atomic E-state index is -0.988. The molecule has 0 amide bonds. The van der Waals surface area contributed by atoms with Crippen LogP contribution in [0.1, 0.15) is 156 Å². The van der Waals surface area contributed by atoms with Gasteiger partial charge in [0.05, 0.1) is 12.2 Å². The number of hydrogen-bond acceptors (Lipinski definition) is 6. The molecule has 1 aliphatic heterocycles. The molecular weight excluding hydrogens is 552 g/mol. The fourth-order valence-corrected chi connectivity index (χ4v) is 5.07. The Hall–Kier alpha value is -1.92. The molecular formula is C38H66O6. The highest BCUT2D eigenvalue weighted by molar-refractivity contribution is 5.69. The zero-order valence-electron chi connectivity index (χ0n) is 28.5. The average Bonchev–Trinajstić information content (AvgIpc) is 3.76. The molecule has 44 heavy (non-hydrogen) atoms. The molecule has 1 N–H and O–H groups in total. The maximum Gasteiger partial charge on any atom is 0.305 e. The first kappa shape index (κ1) is 40.1. The predicted octanol–water partition coefficient (Wildman–Crippen LogP) is 9.74. The Morgan fingerprint density at radius 1 is 0.659 bits per heavy atom. The van der Waals surface area contributed by atoms with Gasteiger partial charge in [0.15, 0.2) is 0 Å². The molecule has 0 aromatic heterocycles. The SMILES string of the molecule is CCCCC/C=C\CC1OC1C/C=C\C/C=C\CCCC(=O)OC[C@H](O)COC(=O)CCCCCCCCCCCC(C)C. The van der Waals surface area contributed by atoms with Crippen molar-refractivity contribution >= 4 is 11.9 Å². The normalized spacial score (nSPS) is 17.3. The van der Waals surface area contributed by atoms with Gasteiger partial charge in [-0.05, 0) is 57.3 Å². The van der Waals surface area contributed by atoms with Crippen LogP contribution >= 0.6 is 0 Å². The van der Waals surface area contributed by atoms with Crippen molar-refractivity contribution in [2.45, 2.75) is 174 Å². The lowest BCUT2D eigenvalue weighted by Crippen LogP contribution is -2.25. The van der Waals surface area contributed by atoms with E-state index in [-0.39, 0.29) is 25.2 Å². The number of hydrogen-bond donors (Lipinski definition) is 1. The molecule has 0 spiro atoms.